The molecule has 2 rings (SSSR count). The first-order chi connectivity index (χ1) is 7.24. The van der Waals surface area contributed by atoms with Gasteiger partial charge < -0.3 is 15.4 Å². The molecule has 15 heavy (non-hydrogen) atoms. The Morgan fingerprint density at radius 2 is 2.07 bits per heavy atom. The Kier molecular flexibility index (Phi) is 2.93. The maximum absolute atomic E-state index is 5.76. The molecule has 0 bridgehead atoms. The average molecular weight is 210 g/mol. The van der Waals surface area contributed by atoms with Crippen LogP contribution in [0.1, 0.15) is 11.3 Å². The third-order valence-corrected chi connectivity index (χ3v) is 2.83. The number of aromatic nitrogens is 2. The highest BCUT2D eigenvalue weighted by atomic mass is 16.5. The number of hydrogen-bond acceptors (Lipinski definition) is 4. The molecule has 0 radical (unpaired) electrons. The minimum absolute atomic E-state index is 0.548. The zero-order valence-corrected chi connectivity index (χ0v) is 9.36. The van der Waals surface area contributed by atoms with Gasteiger partial charge >= 0.3 is 0 Å². The SMILES string of the molecule is Cc1nn(C)c(N2CCOCC2)c1CN. The van der Waals surface area contributed by atoms with Crippen LogP contribution in [0.3, 0.4) is 0 Å². The molecule has 0 spiro atoms. The van der Waals surface area contributed by atoms with E-state index < -0.39 is 0 Å². The Labute approximate surface area is 89.8 Å². The third-order valence-electron chi connectivity index (χ3n) is 2.83. The number of morpholine rings is 1. The number of hydrogen-bond donors (Lipinski definition) is 1. The van der Waals surface area contributed by atoms with Gasteiger partial charge in [-0.2, -0.15) is 5.10 Å². The summed E-state index contributed by atoms with van der Waals surface area (Å²) >= 11 is 0. The van der Waals surface area contributed by atoms with Crippen molar-refractivity contribution in [2.45, 2.75) is 13.5 Å². The normalized spacial score (nSPS) is 17.1. The molecule has 5 heteroatoms. The van der Waals surface area contributed by atoms with Crippen molar-refractivity contribution in [1.82, 2.24) is 9.78 Å². The molecule has 84 valence electrons. The molecule has 0 unspecified atom stereocenters. The molecule has 1 aliphatic heterocycles. The van der Waals surface area contributed by atoms with Gasteiger partial charge in [0.2, 0.25) is 0 Å². The number of anilines is 1. The topological polar surface area (TPSA) is 56.3 Å². The lowest BCUT2D eigenvalue weighted by molar-refractivity contribution is 0.122. The predicted molar refractivity (Wildman–Crippen MR) is 58.9 cm³/mol. The summed E-state index contributed by atoms with van der Waals surface area (Å²) in [6, 6.07) is 0. The monoisotopic (exact) mass is 210 g/mol. The Hall–Kier alpha value is -1.07. The van der Waals surface area contributed by atoms with Crippen molar-refractivity contribution in [3.8, 4) is 0 Å². The lowest BCUT2D eigenvalue weighted by Crippen LogP contribution is -2.38. The minimum Gasteiger partial charge on any atom is -0.378 e. The van der Waals surface area contributed by atoms with Gasteiger partial charge in [-0.15, -0.1) is 0 Å². The molecule has 5 nitrogen and oxygen atoms in total. The Morgan fingerprint density at radius 1 is 1.40 bits per heavy atom. The lowest BCUT2D eigenvalue weighted by atomic mass is 10.2. The molecule has 2 heterocycles. The van der Waals surface area contributed by atoms with Crippen LogP contribution in [0, 0.1) is 6.92 Å². The van der Waals surface area contributed by atoms with Crippen LogP contribution in [-0.2, 0) is 18.3 Å². The first-order valence-electron chi connectivity index (χ1n) is 5.29. The summed E-state index contributed by atoms with van der Waals surface area (Å²) in [6.45, 7) is 5.97. The maximum atomic E-state index is 5.76. The molecular formula is C10H18N4O. The van der Waals surface area contributed by atoms with Crippen LogP contribution in [0.5, 0.6) is 0 Å². The van der Waals surface area contributed by atoms with Crippen LogP contribution >= 0.6 is 0 Å². The van der Waals surface area contributed by atoms with E-state index in [0.29, 0.717) is 6.54 Å². The fourth-order valence-electron chi connectivity index (χ4n) is 2.10. The second-order valence-electron chi connectivity index (χ2n) is 3.81. The summed E-state index contributed by atoms with van der Waals surface area (Å²) in [5.41, 5.74) is 7.94. The zero-order chi connectivity index (χ0) is 10.8. The smallest absolute Gasteiger partial charge is 0.131 e. The van der Waals surface area contributed by atoms with Crippen molar-refractivity contribution in [1.29, 1.82) is 0 Å². The molecule has 0 aromatic carbocycles. The van der Waals surface area contributed by atoms with Crippen LogP contribution in [0.25, 0.3) is 0 Å². The van der Waals surface area contributed by atoms with Gasteiger partial charge in [0.15, 0.2) is 0 Å². The summed E-state index contributed by atoms with van der Waals surface area (Å²) in [4.78, 5) is 2.30. The van der Waals surface area contributed by atoms with E-state index in [0.717, 1.165) is 43.4 Å². The summed E-state index contributed by atoms with van der Waals surface area (Å²) in [7, 11) is 1.97. The van der Waals surface area contributed by atoms with Gasteiger partial charge in [0.1, 0.15) is 5.82 Å². The van der Waals surface area contributed by atoms with E-state index in [1.54, 1.807) is 0 Å². The highest BCUT2D eigenvalue weighted by Gasteiger charge is 2.20. The number of rotatable bonds is 2. The van der Waals surface area contributed by atoms with Crippen molar-refractivity contribution in [2.75, 3.05) is 31.2 Å². The molecule has 1 aromatic rings. The first kappa shape index (κ1) is 10.4. The van der Waals surface area contributed by atoms with Crippen molar-refractivity contribution < 1.29 is 4.74 Å². The second-order valence-corrected chi connectivity index (χ2v) is 3.81. The quantitative estimate of drug-likeness (QED) is 0.748. The Morgan fingerprint density at radius 3 is 2.67 bits per heavy atom. The molecule has 1 aromatic heterocycles. The molecule has 1 fully saturated rings. The Bertz CT molecular complexity index is 341. The van der Waals surface area contributed by atoms with Gasteiger partial charge in [-0.3, -0.25) is 4.68 Å². The molecule has 1 saturated heterocycles. The van der Waals surface area contributed by atoms with Gasteiger partial charge in [-0.25, -0.2) is 0 Å². The van der Waals surface area contributed by atoms with E-state index >= 15 is 0 Å². The molecule has 0 atom stereocenters. The van der Waals surface area contributed by atoms with Crippen LogP contribution < -0.4 is 10.6 Å². The van der Waals surface area contributed by atoms with Crippen LogP contribution in [0.2, 0.25) is 0 Å². The highest BCUT2D eigenvalue weighted by Crippen LogP contribution is 2.23. The van der Waals surface area contributed by atoms with E-state index in [9.17, 15) is 0 Å². The zero-order valence-electron chi connectivity index (χ0n) is 9.36. The van der Waals surface area contributed by atoms with Crippen LogP contribution in [0.4, 0.5) is 5.82 Å². The van der Waals surface area contributed by atoms with E-state index in [1.807, 2.05) is 18.7 Å². The van der Waals surface area contributed by atoms with E-state index in [2.05, 4.69) is 10.00 Å². The summed E-state index contributed by atoms with van der Waals surface area (Å²) in [5, 5.41) is 4.41. The third kappa shape index (κ3) is 1.85. The largest absolute Gasteiger partial charge is 0.378 e. The van der Waals surface area contributed by atoms with E-state index in [-0.39, 0.29) is 0 Å². The minimum atomic E-state index is 0.548. The van der Waals surface area contributed by atoms with Crippen molar-refractivity contribution in [3.05, 3.63) is 11.3 Å². The standard InChI is InChI=1S/C10H18N4O/c1-8-9(7-11)10(13(2)12-8)14-3-5-15-6-4-14/h3-7,11H2,1-2H3. The van der Waals surface area contributed by atoms with Crippen molar-refractivity contribution in [2.24, 2.45) is 12.8 Å². The Balaban J connectivity index is 2.32. The highest BCUT2D eigenvalue weighted by molar-refractivity contribution is 5.50. The molecule has 1 aliphatic rings. The summed E-state index contributed by atoms with van der Waals surface area (Å²) in [6.07, 6.45) is 0. The lowest BCUT2D eigenvalue weighted by Gasteiger charge is -2.29. The van der Waals surface area contributed by atoms with Crippen molar-refractivity contribution >= 4 is 5.82 Å². The van der Waals surface area contributed by atoms with Gasteiger partial charge in [0.25, 0.3) is 0 Å². The van der Waals surface area contributed by atoms with Crippen LogP contribution in [-0.4, -0.2) is 36.1 Å². The number of aryl methyl sites for hydroxylation is 2. The molecule has 2 N–H and O–H groups in total. The molecule has 0 amide bonds. The summed E-state index contributed by atoms with van der Waals surface area (Å²) < 4.78 is 7.26. The first-order valence-corrected chi connectivity index (χ1v) is 5.29. The van der Waals surface area contributed by atoms with Gasteiger partial charge in [0, 0.05) is 32.2 Å². The van der Waals surface area contributed by atoms with Gasteiger partial charge in [-0.1, -0.05) is 0 Å². The number of nitrogens with two attached hydrogens (primary N) is 1. The fraction of sp³-hybridized carbons (Fsp3) is 0.700. The fourth-order valence-corrected chi connectivity index (χ4v) is 2.10. The molecule has 0 saturated carbocycles. The summed E-state index contributed by atoms with van der Waals surface area (Å²) in [5.74, 6) is 1.15. The maximum Gasteiger partial charge on any atom is 0.131 e. The van der Waals surface area contributed by atoms with Crippen molar-refractivity contribution in [3.63, 3.8) is 0 Å². The molecular weight excluding hydrogens is 192 g/mol. The van der Waals surface area contributed by atoms with E-state index in [1.165, 1.54) is 0 Å². The van der Waals surface area contributed by atoms with Crippen LogP contribution in [0.15, 0.2) is 0 Å². The molecule has 0 aliphatic carbocycles. The second kappa shape index (κ2) is 4.20. The van der Waals surface area contributed by atoms with Gasteiger partial charge in [0.05, 0.1) is 18.9 Å². The van der Waals surface area contributed by atoms with E-state index in [4.69, 9.17) is 10.5 Å². The number of ether oxygens (including phenoxy) is 1. The van der Waals surface area contributed by atoms with Gasteiger partial charge in [-0.05, 0) is 6.92 Å². The number of nitrogens with zero attached hydrogens (tertiary/aromatic N) is 3. The predicted octanol–water partition coefficient (Wildman–Crippen LogP) is 0.0238. The average Bonchev–Trinajstić information content (AvgIpc) is 2.54.